The van der Waals surface area contributed by atoms with Gasteiger partial charge in [0.05, 0.1) is 12.9 Å². The first kappa shape index (κ1) is 18.1. The average molecular weight is 403 g/mol. The topological polar surface area (TPSA) is 144 Å². The molecule has 5 atom stereocenters. The minimum absolute atomic E-state index is 0.0739. The number of phosphoric acid groups is 1. The number of nitrogens with two attached hydrogens (primary N) is 1. The summed E-state index contributed by atoms with van der Waals surface area (Å²) in [5, 5.41) is 0.531. The van der Waals surface area contributed by atoms with Crippen LogP contribution in [0.25, 0.3) is 11.2 Å². The molecule has 0 aromatic carbocycles. The zero-order valence-corrected chi connectivity index (χ0v) is 15.7. The zero-order chi connectivity index (χ0) is 18.5. The summed E-state index contributed by atoms with van der Waals surface area (Å²) >= 11 is 1.46. The van der Waals surface area contributed by atoms with Gasteiger partial charge in [0.15, 0.2) is 22.8 Å². The van der Waals surface area contributed by atoms with Gasteiger partial charge in [-0.25, -0.2) is 19.5 Å². The second-order valence-electron chi connectivity index (χ2n) is 5.75. The average Bonchev–Trinajstić information content (AvgIpc) is 3.15. The standard InChI is InChI=1S/C13H18N5O6PS/c1-3-26-13-16-10(14)7-11(17-13)18(5-15-7)12-9(21-2)8-6(23-12)4-22-25(19,20)24-8/h5-6,8-9,12H,3-4H2,1-2H3,(H,19,20)(H2,14,16,17). The Kier molecular flexibility index (Phi) is 4.68. The maximum absolute atomic E-state index is 11.7. The molecule has 4 heterocycles. The van der Waals surface area contributed by atoms with Crippen molar-refractivity contribution in [2.75, 3.05) is 25.2 Å². The highest BCUT2D eigenvalue weighted by atomic mass is 32.2. The molecule has 5 unspecified atom stereocenters. The minimum Gasteiger partial charge on any atom is -0.382 e. The number of anilines is 1. The van der Waals surface area contributed by atoms with Gasteiger partial charge in [-0.3, -0.25) is 13.6 Å². The zero-order valence-electron chi connectivity index (χ0n) is 14.0. The van der Waals surface area contributed by atoms with Crippen molar-refractivity contribution in [2.45, 2.75) is 36.6 Å². The lowest BCUT2D eigenvalue weighted by Crippen LogP contribution is -2.40. The number of hydrogen-bond donors (Lipinski definition) is 2. The summed E-state index contributed by atoms with van der Waals surface area (Å²) in [5.74, 6) is 1.06. The molecule has 0 amide bonds. The Morgan fingerprint density at radius 2 is 2.35 bits per heavy atom. The molecule has 2 aliphatic heterocycles. The quantitative estimate of drug-likeness (QED) is 0.427. The second kappa shape index (κ2) is 6.71. The smallest absolute Gasteiger partial charge is 0.382 e. The molecule has 26 heavy (non-hydrogen) atoms. The molecule has 2 aromatic heterocycles. The summed E-state index contributed by atoms with van der Waals surface area (Å²) in [6.45, 7) is 1.91. The highest BCUT2D eigenvalue weighted by molar-refractivity contribution is 7.99. The predicted molar refractivity (Wildman–Crippen MR) is 91.5 cm³/mol. The number of rotatable bonds is 4. The number of ether oxygens (including phenoxy) is 2. The summed E-state index contributed by atoms with van der Waals surface area (Å²) in [7, 11) is -2.64. The van der Waals surface area contributed by atoms with Gasteiger partial charge in [0.2, 0.25) is 0 Å². The fourth-order valence-corrected chi connectivity index (χ4v) is 4.63. The number of imidazole rings is 1. The van der Waals surface area contributed by atoms with Crippen LogP contribution < -0.4 is 5.73 Å². The molecule has 142 valence electrons. The van der Waals surface area contributed by atoms with Crippen molar-refractivity contribution in [3.63, 3.8) is 0 Å². The molecule has 2 aliphatic rings. The van der Waals surface area contributed by atoms with Crippen LogP contribution in [0.15, 0.2) is 11.5 Å². The molecule has 0 spiro atoms. The molecule has 2 saturated heterocycles. The number of phosphoric ester groups is 1. The molecule has 0 aliphatic carbocycles. The maximum Gasteiger partial charge on any atom is 0.472 e. The Balaban J connectivity index is 1.74. The van der Waals surface area contributed by atoms with Crippen molar-refractivity contribution >= 4 is 36.6 Å². The normalized spacial score (nSPS) is 34.3. The number of methoxy groups -OCH3 is 1. The SMILES string of the molecule is CCSc1nc(N)c2ncn(C3OC4COP(=O)(O)OC4C3OC)c2n1. The Bertz CT molecular complexity index is 880. The fourth-order valence-electron chi connectivity index (χ4n) is 3.09. The molecular formula is C13H18N5O6PS. The summed E-state index contributed by atoms with van der Waals surface area (Å²) in [4.78, 5) is 22.6. The Morgan fingerprint density at radius 3 is 3.08 bits per heavy atom. The molecule has 2 aromatic rings. The molecule has 11 nitrogen and oxygen atoms in total. The van der Waals surface area contributed by atoms with E-state index in [4.69, 9.17) is 24.3 Å². The third kappa shape index (κ3) is 3.01. The highest BCUT2D eigenvalue weighted by Gasteiger charge is 2.53. The van der Waals surface area contributed by atoms with E-state index in [0.717, 1.165) is 5.75 Å². The Morgan fingerprint density at radius 1 is 1.54 bits per heavy atom. The van der Waals surface area contributed by atoms with Gasteiger partial charge in [-0.15, -0.1) is 0 Å². The van der Waals surface area contributed by atoms with E-state index in [-0.39, 0.29) is 12.4 Å². The molecular weight excluding hydrogens is 385 g/mol. The number of fused-ring (bicyclic) bond motifs is 2. The summed E-state index contributed by atoms with van der Waals surface area (Å²) in [6, 6.07) is 0. The number of thioether (sulfide) groups is 1. The first-order chi connectivity index (χ1) is 12.4. The molecule has 4 rings (SSSR count). The van der Waals surface area contributed by atoms with Crippen molar-refractivity contribution in [1.29, 1.82) is 0 Å². The summed E-state index contributed by atoms with van der Waals surface area (Å²) in [5.41, 5.74) is 6.93. The van der Waals surface area contributed by atoms with Crippen LogP contribution in [0, 0.1) is 0 Å². The second-order valence-corrected chi connectivity index (χ2v) is 8.39. The molecule has 2 fully saturated rings. The Labute approximate surface area is 152 Å². The number of aromatic nitrogens is 4. The molecule has 0 bridgehead atoms. The van der Waals surface area contributed by atoms with Crippen LogP contribution in [-0.4, -0.2) is 62.2 Å². The fraction of sp³-hybridized carbons (Fsp3) is 0.615. The first-order valence-corrected chi connectivity index (χ1v) is 10.4. The van der Waals surface area contributed by atoms with Crippen LogP contribution in [0.4, 0.5) is 5.82 Å². The van der Waals surface area contributed by atoms with Crippen molar-refractivity contribution in [3.8, 4) is 0 Å². The molecule has 3 N–H and O–H groups in total. The van der Waals surface area contributed by atoms with Crippen LogP contribution >= 0.6 is 19.6 Å². The minimum atomic E-state index is -4.12. The van der Waals surface area contributed by atoms with E-state index in [1.165, 1.54) is 25.2 Å². The molecule has 0 radical (unpaired) electrons. The third-order valence-corrected chi connectivity index (χ3v) is 5.90. The van der Waals surface area contributed by atoms with Crippen molar-refractivity contribution in [1.82, 2.24) is 19.5 Å². The van der Waals surface area contributed by atoms with Crippen molar-refractivity contribution in [3.05, 3.63) is 6.33 Å². The number of hydrogen-bond acceptors (Lipinski definition) is 10. The highest BCUT2D eigenvalue weighted by Crippen LogP contribution is 2.53. The van der Waals surface area contributed by atoms with E-state index >= 15 is 0 Å². The van der Waals surface area contributed by atoms with E-state index in [9.17, 15) is 9.46 Å². The first-order valence-electron chi connectivity index (χ1n) is 7.90. The van der Waals surface area contributed by atoms with E-state index in [1.54, 1.807) is 4.57 Å². The maximum atomic E-state index is 11.7. The van der Waals surface area contributed by atoms with Gasteiger partial charge in [0.25, 0.3) is 0 Å². The van der Waals surface area contributed by atoms with Gasteiger partial charge in [0.1, 0.15) is 23.8 Å². The monoisotopic (exact) mass is 403 g/mol. The van der Waals surface area contributed by atoms with Crippen molar-refractivity contribution in [2.24, 2.45) is 0 Å². The third-order valence-electron chi connectivity index (χ3n) is 4.19. The summed E-state index contributed by atoms with van der Waals surface area (Å²) in [6.07, 6.45) is -1.10. The van der Waals surface area contributed by atoms with Crippen LogP contribution in [0.5, 0.6) is 0 Å². The lowest BCUT2D eigenvalue weighted by Gasteiger charge is -2.29. The predicted octanol–water partition coefficient (Wildman–Crippen LogP) is 0.949. The lowest BCUT2D eigenvalue weighted by molar-refractivity contribution is -0.0667. The van der Waals surface area contributed by atoms with E-state index in [1.807, 2.05) is 6.92 Å². The lowest BCUT2D eigenvalue weighted by atomic mass is 10.1. The van der Waals surface area contributed by atoms with Gasteiger partial charge in [-0.05, 0) is 5.75 Å². The van der Waals surface area contributed by atoms with Crippen LogP contribution in [-0.2, 0) is 23.1 Å². The molecule has 13 heteroatoms. The van der Waals surface area contributed by atoms with Gasteiger partial charge >= 0.3 is 7.82 Å². The van der Waals surface area contributed by atoms with Gasteiger partial charge in [0, 0.05) is 7.11 Å². The van der Waals surface area contributed by atoms with Gasteiger partial charge in [-0.1, -0.05) is 18.7 Å². The van der Waals surface area contributed by atoms with Gasteiger partial charge in [-0.2, -0.15) is 0 Å². The summed E-state index contributed by atoms with van der Waals surface area (Å²) < 4.78 is 34.9. The van der Waals surface area contributed by atoms with Crippen LogP contribution in [0.1, 0.15) is 13.2 Å². The Hall–Kier alpha value is -1.27. The van der Waals surface area contributed by atoms with Crippen molar-refractivity contribution < 1.29 is 28.0 Å². The van der Waals surface area contributed by atoms with Gasteiger partial charge < -0.3 is 20.1 Å². The largest absolute Gasteiger partial charge is 0.472 e. The van der Waals surface area contributed by atoms with E-state index in [0.29, 0.717) is 16.3 Å². The van der Waals surface area contributed by atoms with Crippen LogP contribution in [0.3, 0.4) is 0 Å². The molecule has 0 saturated carbocycles. The van der Waals surface area contributed by atoms with E-state index < -0.39 is 32.4 Å². The van der Waals surface area contributed by atoms with Crippen LogP contribution in [0.2, 0.25) is 0 Å². The number of nitrogen functional groups attached to an aromatic ring is 1. The number of nitrogens with zero attached hydrogens (tertiary/aromatic N) is 4. The van der Waals surface area contributed by atoms with E-state index in [2.05, 4.69) is 15.0 Å².